The number of para-hydroxylation sites is 1. The highest BCUT2D eigenvalue weighted by atomic mass is 32.1. The van der Waals surface area contributed by atoms with Crippen molar-refractivity contribution in [1.82, 2.24) is 0 Å². The number of rotatable bonds is 5. The summed E-state index contributed by atoms with van der Waals surface area (Å²) in [5.74, 6) is 1.07. The Morgan fingerprint density at radius 1 is 1.31 bits per heavy atom. The normalized spacial score (nSPS) is 11.0. The molecule has 0 amide bonds. The molecule has 0 N–H and O–H groups in total. The summed E-state index contributed by atoms with van der Waals surface area (Å²) in [6, 6.07) is 8.90. The van der Waals surface area contributed by atoms with Crippen LogP contribution in [-0.4, -0.2) is 12.4 Å². The molecule has 1 aromatic rings. The Bertz CT molecular complexity index is 265. The second-order valence-corrected chi connectivity index (χ2v) is 3.52. The summed E-state index contributed by atoms with van der Waals surface area (Å²) in [4.78, 5) is 0. The standard InChI is InChI=1S/C8H9O3PS/c9-12(10-6-7-13)11-8-4-2-1-3-5-8/h1-5H,6-7H2/p+1. The molecule has 0 spiro atoms. The zero-order valence-electron chi connectivity index (χ0n) is 6.92. The zero-order chi connectivity index (χ0) is 9.52. The van der Waals surface area contributed by atoms with Crippen molar-refractivity contribution in [3.8, 4) is 5.75 Å². The third-order valence-corrected chi connectivity index (χ3v) is 2.15. The van der Waals surface area contributed by atoms with Crippen molar-refractivity contribution in [2.75, 3.05) is 12.4 Å². The Hall–Kier alpha value is -0.570. The highest BCUT2D eigenvalue weighted by Gasteiger charge is 2.20. The Kier molecular flexibility index (Phi) is 4.83. The van der Waals surface area contributed by atoms with Crippen molar-refractivity contribution in [1.29, 1.82) is 0 Å². The lowest BCUT2D eigenvalue weighted by Gasteiger charge is -1.90. The van der Waals surface area contributed by atoms with E-state index in [0.717, 1.165) is 0 Å². The molecule has 1 atom stereocenters. The number of hydrogen-bond acceptors (Lipinski definition) is 4. The van der Waals surface area contributed by atoms with Gasteiger partial charge < -0.3 is 0 Å². The Labute approximate surface area is 83.4 Å². The molecule has 5 heteroatoms. The fourth-order valence-corrected chi connectivity index (χ4v) is 1.53. The van der Waals surface area contributed by atoms with Gasteiger partial charge in [0.2, 0.25) is 0 Å². The summed E-state index contributed by atoms with van der Waals surface area (Å²) in [5, 5.41) is 0. The van der Waals surface area contributed by atoms with E-state index < -0.39 is 8.25 Å². The topological polar surface area (TPSA) is 35.5 Å². The molecule has 70 valence electrons. The van der Waals surface area contributed by atoms with Gasteiger partial charge in [-0.2, -0.15) is 12.6 Å². The van der Waals surface area contributed by atoms with Gasteiger partial charge in [0.25, 0.3) is 0 Å². The summed E-state index contributed by atoms with van der Waals surface area (Å²) in [5.41, 5.74) is 0. The van der Waals surface area contributed by atoms with Crippen LogP contribution in [0.4, 0.5) is 0 Å². The van der Waals surface area contributed by atoms with E-state index >= 15 is 0 Å². The quantitative estimate of drug-likeness (QED) is 0.608. The molecule has 0 saturated carbocycles. The van der Waals surface area contributed by atoms with Gasteiger partial charge in [0, 0.05) is 10.3 Å². The SMILES string of the molecule is O=[P+](OCCS)Oc1ccccc1. The molecule has 1 unspecified atom stereocenters. The molecule has 0 saturated heterocycles. The summed E-state index contributed by atoms with van der Waals surface area (Å²) >= 11 is 3.91. The minimum atomic E-state index is -2.06. The molecule has 13 heavy (non-hydrogen) atoms. The summed E-state index contributed by atoms with van der Waals surface area (Å²) in [6.45, 7) is 0.325. The second kappa shape index (κ2) is 5.97. The molecule has 0 aliphatic rings. The van der Waals surface area contributed by atoms with Crippen LogP contribution in [0.3, 0.4) is 0 Å². The number of hydrogen-bond donors (Lipinski definition) is 1. The van der Waals surface area contributed by atoms with Gasteiger partial charge in [0.15, 0.2) is 5.75 Å². The molecule has 0 aliphatic heterocycles. The van der Waals surface area contributed by atoms with Crippen LogP contribution in [0, 0.1) is 0 Å². The first-order valence-corrected chi connectivity index (χ1v) is 5.50. The molecule has 0 radical (unpaired) electrons. The Morgan fingerprint density at radius 3 is 2.62 bits per heavy atom. The highest BCUT2D eigenvalue weighted by Crippen LogP contribution is 2.27. The van der Waals surface area contributed by atoms with E-state index in [0.29, 0.717) is 18.1 Å². The van der Waals surface area contributed by atoms with E-state index in [1.807, 2.05) is 6.07 Å². The van der Waals surface area contributed by atoms with E-state index in [-0.39, 0.29) is 0 Å². The predicted octanol–water partition coefficient (Wildman–Crippen LogP) is 2.67. The molecule has 1 rings (SSSR count). The lowest BCUT2D eigenvalue weighted by molar-refractivity contribution is 0.305. The smallest absolute Gasteiger partial charge is 0.229 e. The number of benzene rings is 1. The lowest BCUT2D eigenvalue weighted by atomic mass is 10.3. The Morgan fingerprint density at radius 2 is 2.00 bits per heavy atom. The molecular formula is C8H10O3PS+. The van der Waals surface area contributed by atoms with Crippen LogP contribution in [0.1, 0.15) is 0 Å². The average Bonchev–Trinajstić information content (AvgIpc) is 2.16. The van der Waals surface area contributed by atoms with Crippen molar-refractivity contribution in [3.63, 3.8) is 0 Å². The van der Waals surface area contributed by atoms with Gasteiger partial charge in [-0.05, 0) is 12.1 Å². The van der Waals surface area contributed by atoms with Crippen molar-refractivity contribution in [2.24, 2.45) is 0 Å². The van der Waals surface area contributed by atoms with Crippen LogP contribution in [0.25, 0.3) is 0 Å². The van der Waals surface area contributed by atoms with Crippen molar-refractivity contribution in [3.05, 3.63) is 30.3 Å². The van der Waals surface area contributed by atoms with Crippen LogP contribution in [0.5, 0.6) is 5.75 Å². The minimum absolute atomic E-state index is 0.325. The molecular weight excluding hydrogens is 207 g/mol. The molecule has 0 bridgehead atoms. The maximum atomic E-state index is 11.0. The zero-order valence-corrected chi connectivity index (χ0v) is 8.71. The summed E-state index contributed by atoms with van der Waals surface area (Å²) in [7, 11) is -2.06. The maximum absolute atomic E-state index is 11.0. The monoisotopic (exact) mass is 217 g/mol. The highest BCUT2D eigenvalue weighted by molar-refractivity contribution is 7.80. The molecule has 3 nitrogen and oxygen atoms in total. The minimum Gasteiger partial charge on any atom is -0.229 e. The molecule has 0 fully saturated rings. The van der Waals surface area contributed by atoms with Gasteiger partial charge in [-0.3, -0.25) is 0 Å². The fraction of sp³-hybridized carbons (Fsp3) is 0.250. The summed E-state index contributed by atoms with van der Waals surface area (Å²) in [6.07, 6.45) is 0. The predicted molar refractivity (Wildman–Crippen MR) is 54.5 cm³/mol. The molecule has 0 heterocycles. The maximum Gasteiger partial charge on any atom is 0.750 e. The average molecular weight is 217 g/mol. The van der Waals surface area contributed by atoms with Crippen LogP contribution in [0.2, 0.25) is 0 Å². The van der Waals surface area contributed by atoms with E-state index in [1.54, 1.807) is 24.3 Å². The van der Waals surface area contributed by atoms with Crippen molar-refractivity contribution >= 4 is 20.9 Å². The third-order valence-electron chi connectivity index (χ3n) is 1.21. The van der Waals surface area contributed by atoms with E-state index in [9.17, 15) is 4.57 Å². The fourth-order valence-electron chi connectivity index (χ4n) is 0.709. The first-order valence-electron chi connectivity index (χ1n) is 3.77. The van der Waals surface area contributed by atoms with Gasteiger partial charge in [0.05, 0.1) is 0 Å². The first kappa shape index (κ1) is 10.5. The van der Waals surface area contributed by atoms with Crippen molar-refractivity contribution < 1.29 is 13.6 Å². The van der Waals surface area contributed by atoms with Crippen LogP contribution in [-0.2, 0) is 9.09 Å². The van der Waals surface area contributed by atoms with Gasteiger partial charge >= 0.3 is 8.25 Å². The Balaban J connectivity index is 2.37. The lowest BCUT2D eigenvalue weighted by Crippen LogP contribution is -1.90. The molecule has 0 aliphatic carbocycles. The molecule has 0 aromatic heterocycles. The van der Waals surface area contributed by atoms with Gasteiger partial charge in [0.1, 0.15) is 6.61 Å². The van der Waals surface area contributed by atoms with E-state index in [1.165, 1.54) is 0 Å². The van der Waals surface area contributed by atoms with E-state index in [4.69, 9.17) is 9.05 Å². The second-order valence-electron chi connectivity index (χ2n) is 2.18. The van der Waals surface area contributed by atoms with Gasteiger partial charge in [-0.25, -0.2) is 4.52 Å². The molecule has 1 aromatic carbocycles. The van der Waals surface area contributed by atoms with E-state index in [2.05, 4.69) is 12.6 Å². The van der Waals surface area contributed by atoms with Crippen molar-refractivity contribution in [2.45, 2.75) is 0 Å². The van der Waals surface area contributed by atoms with Gasteiger partial charge in [-0.1, -0.05) is 18.2 Å². The third kappa shape index (κ3) is 4.27. The largest absolute Gasteiger partial charge is 0.750 e. The van der Waals surface area contributed by atoms with Crippen LogP contribution in [0.15, 0.2) is 30.3 Å². The van der Waals surface area contributed by atoms with Gasteiger partial charge in [-0.15, -0.1) is 4.52 Å². The first-order chi connectivity index (χ1) is 6.33. The number of thiol groups is 1. The van der Waals surface area contributed by atoms with Crippen LogP contribution >= 0.6 is 20.9 Å². The van der Waals surface area contributed by atoms with Crippen LogP contribution < -0.4 is 4.52 Å². The summed E-state index contributed by atoms with van der Waals surface area (Å²) < 4.78 is 20.8.